The Morgan fingerprint density at radius 1 is 1.29 bits per heavy atom. The molecular formula is C12H16O4S. The van der Waals surface area contributed by atoms with Crippen LogP contribution in [0.1, 0.15) is 10.4 Å². The predicted octanol–water partition coefficient (Wildman–Crippen LogP) is 1.27. The summed E-state index contributed by atoms with van der Waals surface area (Å²) in [6.07, 6.45) is 0. The summed E-state index contributed by atoms with van der Waals surface area (Å²) >= 11 is 0. The van der Waals surface area contributed by atoms with Crippen LogP contribution in [0, 0.1) is 0 Å². The summed E-state index contributed by atoms with van der Waals surface area (Å²) in [7, 11) is 1.86. The molecular weight excluding hydrogens is 240 g/mol. The summed E-state index contributed by atoms with van der Waals surface area (Å²) in [5.74, 6) is 0.722. The molecule has 0 aliphatic rings. The van der Waals surface area contributed by atoms with Gasteiger partial charge in [0.25, 0.3) is 0 Å². The number of para-hydroxylation sites is 1. The third kappa shape index (κ3) is 4.28. The Kier molecular flexibility index (Phi) is 5.86. The zero-order valence-electron chi connectivity index (χ0n) is 9.97. The van der Waals surface area contributed by atoms with Gasteiger partial charge >= 0.3 is 0 Å². The first kappa shape index (κ1) is 13.9. The largest absolute Gasteiger partial charge is 0.496 e. The van der Waals surface area contributed by atoms with E-state index in [-0.39, 0.29) is 11.5 Å². The summed E-state index contributed by atoms with van der Waals surface area (Å²) < 4.78 is 21.5. The lowest BCUT2D eigenvalue weighted by molar-refractivity contribution is 0.101. The third-order valence-electron chi connectivity index (χ3n) is 2.21. The highest BCUT2D eigenvalue weighted by molar-refractivity contribution is 7.85. The maximum absolute atomic E-state index is 11.9. The van der Waals surface area contributed by atoms with Gasteiger partial charge in [0.2, 0.25) is 0 Å². The number of benzene rings is 1. The van der Waals surface area contributed by atoms with E-state index >= 15 is 0 Å². The molecule has 0 heterocycles. The molecule has 0 N–H and O–H groups in total. The van der Waals surface area contributed by atoms with Crippen molar-refractivity contribution in [3.8, 4) is 5.75 Å². The maximum Gasteiger partial charge on any atom is 0.179 e. The lowest BCUT2D eigenvalue weighted by Crippen LogP contribution is -2.16. The van der Waals surface area contributed by atoms with Crippen molar-refractivity contribution >= 4 is 16.6 Å². The molecule has 4 nitrogen and oxygen atoms in total. The van der Waals surface area contributed by atoms with Crippen molar-refractivity contribution in [2.45, 2.75) is 0 Å². The molecule has 0 spiro atoms. The van der Waals surface area contributed by atoms with Crippen LogP contribution in [0.2, 0.25) is 0 Å². The van der Waals surface area contributed by atoms with Crippen LogP contribution in [-0.2, 0) is 15.5 Å². The van der Waals surface area contributed by atoms with Crippen molar-refractivity contribution in [1.82, 2.24) is 0 Å². The number of hydrogen-bond acceptors (Lipinski definition) is 4. The van der Waals surface area contributed by atoms with Crippen molar-refractivity contribution in [2.24, 2.45) is 0 Å². The van der Waals surface area contributed by atoms with E-state index in [4.69, 9.17) is 9.47 Å². The standard InChI is InChI=1S/C12H16O4S/c1-15-7-8-17(14)9-11(13)10-5-3-4-6-12(10)16-2/h3-6H,7-9H2,1-2H3. The second-order valence-electron chi connectivity index (χ2n) is 3.40. The zero-order chi connectivity index (χ0) is 12.7. The Labute approximate surface area is 103 Å². The minimum absolute atomic E-state index is 0.00370. The third-order valence-corrected chi connectivity index (χ3v) is 3.42. The van der Waals surface area contributed by atoms with Gasteiger partial charge in [-0.05, 0) is 12.1 Å². The molecule has 94 valence electrons. The Balaban J connectivity index is 2.66. The maximum atomic E-state index is 11.9. The average Bonchev–Trinajstić information content (AvgIpc) is 2.36. The first-order chi connectivity index (χ1) is 8.19. The number of ketones is 1. The monoisotopic (exact) mass is 256 g/mol. The van der Waals surface area contributed by atoms with Gasteiger partial charge < -0.3 is 9.47 Å². The summed E-state index contributed by atoms with van der Waals surface area (Å²) in [5.41, 5.74) is 0.473. The van der Waals surface area contributed by atoms with Crippen LogP contribution in [0.25, 0.3) is 0 Å². The van der Waals surface area contributed by atoms with Gasteiger partial charge in [-0.3, -0.25) is 9.00 Å². The second kappa shape index (κ2) is 7.19. The van der Waals surface area contributed by atoms with E-state index in [1.54, 1.807) is 31.4 Å². The Morgan fingerprint density at radius 3 is 2.65 bits per heavy atom. The van der Waals surface area contributed by atoms with Gasteiger partial charge in [-0.15, -0.1) is 0 Å². The normalized spacial score (nSPS) is 12.1. The molecule has 0 fully saturated rings. The minimum atomic E-state index is -1.19. The number of carbonyl (C=O) groups excluding carboxylic acids is 1. The molecule has 1 aromatic carbocycles. The number of rotatable bonds is 7. The van der Waals surface area contributed by atoms with Gasteiger partial charge in [0.15, 0.2) is 5.78 Å². The van der Waals surface area contributed by atoms with E-state index in [1.807, 2.05) is 0 Å². The minimum Gasteiger partial charge on any atom is -0.496 e. The Hall–Kier alpha value is -1.20. The zero-order valence-corrected chi connectivity index (χ0v) is 10.8. The topological polar surface area (TPSA) is 52.6 Å². The van der Waals surface area contributed by atoms with Gasteiger partial charge in [-0.25, -0.2) is 0 Å². The van der Waals surface area contributed by atoms with E-state index in [0.29, 0.717) is 23.7 Å². The molecule has 0 saturated heterocycles. The highest BCUT2D eigenvalue weighted by atomic mass is 32.2. The number of ether oxygens (including phenoxy) is 2. The predicted molar refractivity (Wildman–Crippen MR) is 67.1 cm³/mol. The smallest absolute Gasteiger partial charge is 0.179 e. The molecule has 1 atom stereocenters. The summed E-state index contributed by atoms with van der Waals surface area (Å²) in [5, 5.41) is 0. The molecule has 0 bridgehead atoms. The molecule has 1 rings (SSSR count). The lowest BCUT2D eigenvalue weighted by Gasteiger charge is -2.06. The molecule has 0 aliphatic carbocycles. The fraction of sp³-hybridized carbons (Fsp3) is 0.417. The summed E-state index contributed by atoms with van der Waals surface area (Å²) in [4.78, 5) is 11.9. The molecule has 1 aromatic rings. The first-order valence-electron chi connectivity index (χ1n) is 5.19. The van der Waals surface area contributed by atoms with Crippen LogP contribution in [-0.4, -0.2) is 42.3 Å². The summed E-state index contributed by atoms with van der Waals surface area (Å²) in [6.45, 7) is 0.395. The van der Waals surface area contributed by atoms with E-state index in [0.717, 1.165) is 0 Å². The van der Waals surface area contributed by atoms with Crippen molar-refractivity contribution < 1.29 is 18.5 Å². The molecule has 1 unspecified atom stereocenters. The van der Waals surface area contributed by atoms with Crippen LogP contribution in [0.4, 0.5) is 0 Å². The average molecular weight is 256 g/mol. The van der Waals surface area contributed by atoms with Crippen LogP contribution >= 0.6 is 0 Å². The number of Topliss-reactive ketones (excluding diaryl/α,β-unsaturated/α-hetero) is 1. The molecule has 0 aromatic heterocycles. The number of hydrogen-bond donors (Lipinski definition) is 0. The van der Waals surface area contributed by atoms with Crippen molar-refractivity contribution in [1.29, 1.82) is 0 Å². The molecule has 0 amide bonds. The van der Waals surface area contributed by atoms with Crippen LogP contribution in [0.15, 0.2) is 24.3 Å². The fourth-order valence-electron chi connectivity index (χ4n) is 1.35. The van der Waals surface area contributed by atoms with Gasteiger partial charge in [0.1, 0.15) is 5.75 Å². The van der Waals surface area contributed by atoms with E-state index in [2.05, 4.69) is 0 Å². The van der Waals surface area contributed by atoms with Gasteiger partial charge in [0, 0.05) is 23.7 Å². The molecule has 0 radical (unpaired) electrons. The lowest BCUT2D eigenvalue weighted by atomic mass is 10.1. The summed E-state index contributed by atoms with van der Waals surface area (Å²) in [6, 6.07) is 6.94. The highest BCUT2D eigenvalue weighted by Crippen LogP contribution is 2.17. The molecule has 0 saturated carbocycles. The van der Waals surface area contributed by atoms with Crippen LogP contribution in [0.5, 0.6) is 5.75 Å². The SMILES string of the molecule is COCCS(=O)CC(=O)c1ccccc1OC. The molecule has 5 heteroatoms. The van der Waals surface area contributed by atoms with Crippen molar-refractivity contribution in [3.63, 3.8) is 0 Å². The van der Waals surface area contributed by atoms with Gasteiger partial charge in [0.05, 0.1) is 25.0 Å². The van der Waals surface area contributed by atoms with Crippen molar-refractivity contribution in [2.75, 3.05) is 32.3 Å². The number of methoxy groups -OCH3 is 2. The van der Waals surface area contributed by atoms with E-state index < -0.39 is 10.8 Å². The molecule has 0 aliphatic heterocycles. The quantitative estimate of drug-likeness (QED) is 0.689. The second-order valence-corrected chi connectivity index (χ2v) is 4.98. The first-order valence-corrected chi connectivity index (χ1v) is 6.68. The van der Waals surface area contributed by atoms with Crippen LogP contribution in [0.3, 0.4) is 0 Å². The Morgan fingerprint density at radius 2 is 2.00 bits per heavy atom. The Bertz CT molecular complexity index is 403. The van der Waals surface area contributed by atoms with Crippen molar-refractivity contribution in [3.05, 3.63) is 29.8 Å². The molecule has 17 heavy (non-hydrogen) atoms. The van der Waals surface area contributed by atoms with E-state index in [1.165, 1.54) is 7.11 Å². The van der Waals surface area contributed by atoms with E-state index in [9.17, 15) is 9.00 Å². The van der Waals surface area contributed by atoms with Gasteiger partial charge in [-0.2, -0.15) is 0 Å². The number of carbonyl (C=O) groups is 1. The fourth-order valence-corrected chi connectivity index (χ4v) is 2.29. The van der Waals surface area contributed by atoms with Gasteiger partial charge in [-0.1, -0.05) is 12.1 Å². The highest BCUT2D eigenvalue weighted by Gasteiger charge is 2.14. The van der Waals surface area contributed by atoms with Crippen LogP contribution < -0.4 is 4.74 Å².